The number of furan rings is 1. The lowest BCUT2D eigenvalue weighted by Crippen LogP contribution is -2.38. The fourth-order valence-electron chi connectivity index (χ4n) is 2.42. The third-order valence-corrected chi connectivity index (χ3v) is 3.71. The summed E-state index contributed by atoms with van der Waals surface area (Å²) < 4.78 is 7.38. The summed E-state index contributed by atoms with van der Waals surface area (Å²) in [4.78, 5) is 10.8. The SMILES string of the molecule is CN=C(NCc1nc(-c2ccco2)n[nH]1)N(C)Cc1cccn1C. The molecule has 0 saturated heterocycles. The Bertz CT molecular complexity index is 800. The van der Waals surface area contributed by atoms with Crippen LogP contribution in [0.2, 0.25) is 0 Å². The standard InChI is InChI=1S/C16H21N7O/c1-17-16(23(3)11-12-6-4-8-22(12)2)18-10-14-19-15(21-20-14)13-7-5-9-24-13/h4-9H,10-11H2,1-3H3,(H,17,18)(H,19,20,21). The van der Waals surface area contributed by atoms with Gasteiger partial charge < -0.3 is 19.2 Å². The normalized spacial score (nSPS) is 11.7. The molecule has 0 unspecified atom stereocenters. The molecule has 8 heteroatoms. The van der Waals surface area contributed by atoms with Gasteiger partial charge in [0.15, 0.2) is 11.7 Å². The van der Waals surface area contributed by atoms with Gasteiger partial charge in [-0.15, -0.1) is 5.10 Å². The Morgan fingerprint density at radius 1 is 1.42 bits per heavy atom. The van der Waals surface area contributed by atoms with Crippen LogP contribution in [0.1, 0.15) is 11.5 Å². The number of nitrogens with zero attached hydrogens (tertiary/aromatic N) is 5. The second-order valence-electron chi connectivity index (χ2n) is 5.45. The molecule has 0 saturated carbocycles. The van der Waals surface area contributed by atoms with Crippen molar-refractivity contribution < 1.29 is 4.42 Å². The van der Waals surface area contributed by atoms with Crippen LogP contribution in [0.15, 0.2) is 46.1 Å². The van der Waals surface area contributed by atoms with Gasteiger partial charge in [0.2, 0.25) is 5.82 Å². The summed E-state index contributed by atoms with van der Waals surface area (Å²) in [7, 11) is 5.79. The summed E-state index contributed by atoms with van der Waals surface area (Å²) in [5, 5.41) is 10.3. The largest absolute Gasteiger partial charge is 0.461 e. The average molecular weight is 327 g/mol. The van der Waals surface area contributed by atoms with Crippen LogP contribution in [0.3, 0.4) is 0 Å². The van der Waals surface area contributed by atoms with Gasteiger partial charge in [-0.2, -0.15) is 0 Å². The second kappa shape index (κ2) is 7.03. The average Bonchev–Trinajstić information content (AvgIpc) is 3.30. The highest BCUT2D eigenvalue weighted by molar-refractivity contribution is 5.79. The summed E-state index contributed by atoms with van der Waals surface area (Å²) in [6, 6.07) is 7.76. The highest BCUT2D eigenvalue weighted by Gasteiger charge is 2.11. The van der Waals surface area contributed by atoms with Gasteiger partial charge in [0.05, 0.1) is 19.4 Å². The van der Waals surface area contributed by atoms with E-state index in [0.29, 0.717) is 18.1 Å². The lowest BCUT2D eigenvalue weighted by atomic mass is 10.4. The zero-order chi connectivity index (χ0) is 16.9. The molecule has 0 aliphatic rings. The first kappa shape index (κ1) is 15.9. The molecular formula is C16H21N7O. The van der Waals surface area contributed by atoms with Crippen LogP contribution in [0, 0.1) is 0 Å². The quantitative estimate of drug-likeness (QED) is 0.549. The number of hydrogen-bond donors (Lipinski definition) is 2. The topological polar surface area (TPSA) is 87.3 Å². The fourth-order valence-corrected chi connectivity index (χ4v) is 2.42. The number of aromatic amines is 1. The van der Waals surface area contributed by atoms with E-state index in [1.165, 1.54) is 5.69 Å². The van der Waals surface area contributed by atoms with Crippen molar-refractivity contribution in [1.29, 1.82) is 0 Å². The molecule has 0 aromatic carbocycles. The maximum absolute atomic E-state index is 5.29. The van der Waals surface area contributed by atoms with E-state index in [1.54, 1.807) is 13.3 Å². The van der Waals surface area contributed by atoms with E-state index >= 15 is 0 Å². The van der Waals surface area contributed by atoms with Crippen molar-refractivity contribution in [3.8, 4) is 11.6 Å². The van der Waals surface area contributed by atoms with E-state index in [4.69, 9.17) is 4.42 Å². The number of aromatic nitrogens is 4. The number of aliphatic imine (C=N–C) groups is 1. The molecule has 3 aromatic heterocycles. The molecule has 2 N–H and O–H groups in total. The third-order valence-electron chi connectivity index (χ3n) is 3.71. The Morgan fingerprint density at radius 2 is 2.29 bits per heavy atom. The van der Waals surface area contributed by atoms with Crippen molar-refractivity contribution in [2.24, 2.45) is 12.0 Å². The molecule has 0 radical (unpaired) electrons. The monoisotopic (exact) mass is 327 g/mol. The number of hydrogen-bond acceptors (Lipinski definition) is 4. The van der Waals surface area contributed by atoms with E-state index < -0.39 is 0 Å². The van der Waals surface area contributed by atoms with Crippen LogP contribution in [0.25, 0.3) is 11.6 Å². The number of guanidine groups is 1. The minimum absolute atomic E-state index is 0.498. The minimum Gasteiger partial charge on any atom is -0.461 e. The lowest BCUT2D eigenvalue weighted by Gasteiger charge is -2.22. The van der Waals surface area contributed by atoms with Crippen LogP contribution >= 0.6 is 0 Å². The Morgan fingerprint density at radius 3 is 2.96 bits per heavy atom. The maximum atomic E-state index is 5.29. The number of H-pyrrole nitrogens is 1. The zero-order valence-corrected chi connectivity index (χ0v) is 14.0. The van der Waals surface area contributed by atoms with Crippen LogP contribution in [-0.4, -0.2) is 44.7 Å². The van der Waals surface area contributed by atoms with Gasteiger partial charge in [-0.25, -0.2) is 4.98 Å². The summed E-state index contributed by atoms with van der Waals surface area (Å²) >= 11 is 0. The Hall–Kier alpha value is -3.03. The molecule has 3 rings (SSSR count). The highest BCUT2D eigenvalue weighted by Crippen LogP contribution is 2.14. The first-order chi connectivity index (χ1) is 11.7. The van der Waals surface area contributed by atoms with Gasteiger partial charge in [-0.1, -0.05) is 0 Å². The van der Waals surface area contributed by atoms with Crippen molar-refractivity contribution in [2.45, 2.75) is 13.1 Å². The van der Waals surface area contributed by atoms with E-state index in [9.17, 15) is 0 Å². The molecule has 0 fully saturated rings. The van der Waals surface area contributed by atoms with E-state index in [1.807, 2.05) is 38.5 Å². The smallest absolute Gasteiger partial charge is 0.216 e. The summed E-state index contributed by atoms with van der Waals surface area (Å²) in [6.45, 7) is 1.26. The van der Waals surface area contributed by atoms with E-state index in [0.717, 1.165) is 18.3 Å². The first-order valence-electron chi connectivity index (χ1n) is 7.64. The molecule has 3 heterocycles. The van der Waals surface area contributed by atoms with Crippen LogP contribution in [0.5, 0.6) is 0 Å². The first-order valence-corrected chi connectivity index (χ1v) is 7.64. The molecule has 0 spiro atoms. The number of nitrogens with one attached hydrogen (secondary N) is 2. The number of rotatable bonds is 5. The molecule has 8 nitrogen and oxygen atoms in total. The lowest BCUT2D eigenvalue weighted by molar-refractivity contribution is 0.460. The van der Waals surface area contributed by atoms with Crippen molar-refractivity contribution in [2.75, 3.05) is 14.1 Å². The summed E-state index contributed by atoms with van der Waals surface area (Å²) in [5.74, 6) is 2.69. The van der Waals surface area contributed by atoms with E-state index in [2.05, 4.69) is 41.0 Å². The highest BCUT2D eigenvalue weighted by atomic mass is 16.3. The molecule has 126 valence electrons. The van der Waals surface area contributed by atoms with Gasteiger partial charge in [-0.05, 0) is 24.3 Å². The molecule has 0 amide bonds. The van der Waals surface area contributed by atoms with Crippen LogP contribution in [0.4, 0.5) is 0 Å². The van der Waals surface area contributed by atoms with Gasteiger partial charge in [-0.3, -0.25) is 10.1 Å². The summed E-state index contributed by atoms with van der Waals surface area (Å²) in [5.41, 5.74) is 1.21. The fraction of sp³-hybridized carbons (Fsp3) is 0.312. The van der Waals surface area contributed by atoms with Crippen molar-refractivity contribution in [1.82, 2.24) is 30.0 Å². The van der Waals surface area contributed by atoms with Crippen molar-refractivity contribution in [3.63, 3.8) is 0 Å². The minimum atomic E-state index is 0.498. The predicted molar refractivity (Wildman–Crippen MR) is 91.2 cm³/mol. The number of aryl methyl sites for hydroxylation is 1. The van der Waals surface area contributed by atoms with Gasteiger partial charge >= 0.3 is 0 Å². The molecular weight excluding hydrogens is 306 g/mol. The van der Waals surface area contributed by atoms with Crippen LogP contribution in [-0.2, 0) is 20.1 Å². The van der Waals surface area contributed by atoms with E-state index in [-0.39, 0.29) is 0 Å². The third kappa shape index (κ3) is 3.48. The molecule has 24 heavy (non-hydrogen) atoms. The summed E-state index contributed by atoms with van der Waals surface area (Å²) in [6.07, 6.45) is 3.63. The Labute approximate surface area is 140 Å². The molecule has 0 aliphatic carbocycles. The molecule has 0 aliphatic heterocycles. The maximum Gasteiger partial charge on any atom is 0.216 e. The van der Waals surface area contributed by atoms with Crippen LogP contribution < -0.4 is 5.32 Å². The van der Waals surface area contributed by atoms with Gasteiger partial charge in [0, 0.05) is 33.0 Å². The second-order valence-corrected chi connectivity index (χ2v) is 5.45. The molecule has 0 atom stereocenters. The van der Waals surface area contributed by atoms with Gasteiger partial charge in [0.25, 0.3) is 0 Å². The predicted octanol–water partition coefficient (Wildman–Crippen LogP) is 1.61. The Kier molecular flexibility index (Phi) is 4.64. The molecule has 3 aromatic rings. The molecule has 0 bridgehead atoms. The van der Waals surface area contributed by atoms with Gasteiger partial charge in [0.1, 0.15) is 5.82 Å². The zero-order valence-electron chi connectivity index (χ0n) is 14.0. The van der Waals surface area contributed by atoms with Crippen molar-refractivity contribution in [3.05, 3.63) is 48.2 Å². The van der Waals surface area contributed by atoms with Crippen molar-refractivity contribution >= 4 is 5.96 Å². The Balaban J connectivity index is 1.59.